The number of carboxylic acid groups (broad SMARTS) is 1. The van der Waals surface area contributed by atoms with Crippen LogP contribution >= 0.6 is 11.6 Å². The van der Waals surface area contributed by atoms with Gasteiger partial charge in [-0.2, -0.15) is 0 Å². The zero-order valence-electron chi connectivity index (χ0n) is 7.84. The Morgan fingerprint density at radius 1 is 1.57 bits per heavy atom. The second-order valence-corrected chi connectivity index (χ2v) is 3.53. The molecule has 14 heavy (non-hydrogen) atoms. The monoisotopic (exact) mass is 216 g/mol. The molecular formula is C10H10ClFO2. The minimum atomic E-state index is -1.01. The molecule has 0 heterocycles. The van der Waals surface area contributed by atoms with Gasteiger partial charge in [-0.05, 0) is 31.0 Å². The summed E-state index contributed by atoms with van der Waals surface area (Å²) in [6.45, 7) is 3.19. The number of benzene rings is 1. The van der Waals surface area contributed by atoms with Crippen molar-refractivity contribution < 1.29 is 14.3 Å². The average Bonchev–Trinajstić information content (AvgIpc) is 2.12. The van der Waals surface area contributed by atoms with Crippen LogP contribution in [0, 0.1) is 12.7 Å². The van der Waals surface area contributed by atoms with Crippen LogP contribution in [0.1, 0.15) is 24.0 Å². The van der Waals surface area contributed by atoms with Crippen LogP contribution in [0.4, 0.5) is 4.39 Å². The highest BCUT2D eigenvalue weighted by Gasteiger charge is 2.20. The Labute approximate surface area is 86.3 Å². The van der Waals surface area contributed by atoms with Gasteiger partial charge in [-0.1, -0.05) is 17.7 Å². The van der Waals surface area contributed by atoms with Crippen LogP contribution < -0.4 is 0 Å². The molecule has 1 rings (SSSR count). The Bertz CT molecular complexity index is 377. The Morgan fingerprint density at radius 3 is 2.64 bits per heavy atom. The number of carbonyl (C=O) groups is 1. The van der Waals surface area contributed by atoms with E-state index in [1.807, 2.05) is 0 Å². The minimum Gasteiger partial charge on any atom is -0.481 e. The molecule has 0 saturated carbocycles. The number of hydrogen-bond acceptors (Lipinski definition) is 1. The molecule has 4 heteroatoms. The molecule has 0 amide bonds. The molecule has 0 aliphatic heterocycles. The van der Waals surface area contributed by atoms with Gasteiger partial charge in [-0.3, -0.25) is 4.79 Å². The molecule has 0 aliphatic carbocycles. The first kappa shape index (κ1) is 11.0. The van der Waals surface area contributed by atoms with E-state index in [0.717, 1.165) is 0 Å². The fraction of sp³-hybridized carbons (Fsp3) is 0.300. The van der Waals surface area contributed by atoms with Gasteiger partial charge in [0.25, 0.3) is 0 Å². The second-order valence-electron chi connectivity index (χ2n) is 3.15. The molecule has 2 nitrogen and oxygen atoms in total. The summed E-state index contributed by atoms with van der Waals surface area (Å²) in [4.78, 5) is 10.7. The molecule has 0 spiro atoms. The summed E-state index contributed by atoms with van der Waals surface area (Å²) in [5, 5.41) is 8.70. The van der Waals surface area contributed by atoms with Gasteiger partial charge in [-0.25, -0.2) is 4.39 Å². The number of rotatable bonds is 2. The van der Waals surface area contributed by atoms with E-state index in [1.165, 1.54) is 19.1 Å². The van der Waals surface area contributed by atoms with Gasteiger partial charge in [-0.15, -0.1) is 0 Å². The third kappa shape index (κ3) is 1.87. The van der Waals surface area contributed by atoms with E-state index in [-0.39, 0.29) is 5.02 Å². The van der Waals surface area contributed by atoms with E-state index in [0.29, 0.717) is 11.1 Å². The highest BCUT2D eigenvalue weighted by atomic mass is 35.5. The number of halogens is 2. The minimum absolute atomic E-state index is 0.0973. The third-order valence-electron chi connectivity index (χ3n) is 2.15. The smallest absolute Gasteiger partial charge is 0.310 e. The van der Waals surface area contributed by atoms with Crippen molar-refractivity contribution in [2.75, 3.05) is 0 Å². The molecule has 1 N–H and O–H groups in total. The molecule has 1 unspecified atom stereocenters. The SMILES string of the molecule is Cc1ccc(F)c(Cl)c1C(C)C(=O)O. The Morgan fingerprint density at radius 2 is 2.14 bits per heavy atom. The van der Waals surface area contributed by atoms with Gasteiger partial charge in [0.1, 0.15) is 5.82 Å². The lowest BCUT2D eigenvalue weighted by atomic mass is 9.96. The Hall–Kier alpha value is -1.09. The molecule has 0 bridgehead atoms. The fourth-order valence-electron chi connectivity index (χ4n) is 1.32. The van der Waals surface area contributed by atoms with E-state index >= 15 is 0 Å². The van der Waals surface area contributed by atoms with Crippen LogP contribution in [-0.2, 0) is 4.79 Å². The van der Waals surface area contributed by atoms with E-state index in [9.17, 15) is 9.18 Å². The van der Waals surface area contributed by atoms with E-state index in [2.05, 4.69) is 0 Å². The molecule has 0 aromatic heterocycles. The number of aliphatic carboxylic acids is 1. The molecule has 0 aliphatic rings. The van der Waals surface area contributed by atoms with E-state index in [4.69, 9.17) is 16.7 Å². The molecule has 76 valence electrons. The summed E-state index contributed by atoms with van der Waals surface area (Å²) in [6, 6.07) is 2.76. The van der Waals surface area contributed by atoms with Crippen molar-refractivity contribution in [2.24, 2.45) is 0 Å². The summed E-state index contributed by atoms with van der Waals surface area (Å²) in [5.41, 5.74) is 1.03. The van der Waals surface area contributed by atoms with E-state index < -0.39 is 17.7 Å². The van der Waals surface area contributed by atoms with Crippen molar-refractivity contribution in [1.29, 1.82) is 0 Å². The Kier molecular flexibility index (Phi) is 3.11. The number of hydrogen-bond donors (Lipinski definition) is 1. The van der Waals surface area contributed by atoms with Crippen LogP contribution in [0.3, 0.4) is 0 Å². The third-order valence-corrected chi connectivity index (χ3v) is 2.54. The van der Waals surface area contributed by atoms with Gasteiger partial charge in [0, 0.05) is 0 Å². The first-order valence-electron chi connectivity index (χ1n) is 4.12. The number of carboxylic acids is 1. The maximum atomic E-state index is 13.1. The lowest BCUT2D eigenvalue weighted by molar-refractivity contribution is -0.138. The van der Waals surface area contributed by atoms with Crippen LogP contribution in [0.2, 0.25) is 5.02 Å². The van der Waals surface area contributed by atoms with Gasteiger partial charge in [0.2, 0.25) is 0 Å². The zero-order chi connectivity index (χ0) is 10.9. The molecule has 0 fully saturated rings. The summed E-state index contributed by atoms with van der Waals surface area (Å²) in [6.07, 6.45) is 0. The number of aryl methyl sites for hydroxylation is 1. The zero-order valence-corrected chi connectivity index (χ0v) is 8.60. The Balaban J connectivity index is 3.32. The largest absolute Gasteiger partial charge is 0.481 e. The molecular weight excluding hydrogens is 207 g/mol. The maximum Gasteiger partial charge on any atom is 0.310 e. The summed E-state index contributed by atoms with van der Waals surface area (Å²) in [7, 11) is 0. The van der Waals surface area contributed by atoms with Gasteiger partial charge in [0.05, 0.1) is 10.9 Å². The first-order chi connectivity index (χ1) is 6.45. The highest BCUT2D eigenvalue weighted by Crippen LogP contribution is 2.30. The predicted molar refractivity (Wildman–Crippen MR) is 52.2 cm³/mol. The van der Waals surface area contributed by atoms with Crippen LogP contribution in [0.15, 0.2) is 12.1 Å². The predicted octanol–water partition coefficient (Wildman–Crippen LogP) is 2.98. The molecule has 0 saturated heterocycles. The lowest BCUT2D eigenvalue weighted by Crippen LogP contribution is -2.10. The average molecular weight is 217 g/mol. The molecule has 1 aromatic rings. The highest BCUT2D eigenvalue weighted by molar-refractivity contribution is 6.31. The van der Waals surface area contributed by atoms with Crippen LogP contribution in [0.25, 0.3) is 0 Å². The van der Waals surface area contributed by atoms with Crippen molar-refractivity contribution in [3.05, 3.63) is 34.1 Å². The molecule has 0 radical (unpaired) electrons. The normalized spacial score (nSPS) is 12.6. The molecule has 1 atom stereocenters. The topological polar surface area (TPSA) is 37.3 Å². The van der Waals surface area contributed by atoms with Crippen molar-refractivity contribution in [1.82, 2.24) is 0 Å². The molecule has 1 aromatic carbocycles. The van der Waals surface area contributed by atoms with Crippen LogP contribution in [0.5, 0.6) is 0 Å². The first-order valence-corrected chi connectivity index (χ1v) is 4.50. The quantitative estimate of drug-likeness (QED) is 0.825. The second kappa shape index (κ2) is 3.96. The van der Waals surface area contributed by atoms with Gasteiger partial charge < -0.3 is 5.11 Å². The van der Waals surface area contributed by atoms with Gasteiger partial charge in [0.15, 0.2) is 0 Å². The summed E-state index contributed by atoms with van der Waals surface area (Å²) >= 11 is 5.70. The standard InChI is InChI=1S/C10H10ClFO2/c1-5-3-4-7(12)9(11)8(5)6(2)10(13)14/h3-4,6H,1-2H3,(H,13,14). The van der Waals surface area contributed by atoms with Crippen LogP contribution in [-0.4, -0.2) is 11.1 Å². The van der Waals surface area contributed by atoms with Crippen molar-refractivity contribution in [3.8, 4) is 0 Å². The van der Waals surface area contributed by atoms with E-state index in [1.54, 1.807) is 6.92 Å². The maximum absolute atomic E-state index is 13.1. The van der Waals surface area contributed by atoms with Gasteiger partial charge >= 0.3 is 5.97 Å². The van der Waals surface area contributed by atoms with Crippen molar-refractivity contribution in [3.63, 3.8) is 0 Å². The fourth-order valence-corrected chi connectivity index (χ4v) is 1.69. The summed E-state index contributed by atoms with van der Waals surface area (Å²) < 4.78 is 13.1. The van der Waals surface area contributed by atoms with Crippen molar-refractivity contribution >= 4 is 17.6 Å². The van der Waals surface area contributed by atoms with Crippen molar-refractivity contribution in [2.45, 2.75) is 19.8 Å². The lowest BCUT2D eigenvalue weighted by Gasteiger charge is -2.12. The summed E-state index contributed by atoms with van der Waals surface area (Å²) in [5.74, 6) is -2.39.